The largest absolute Gasteiger partial charge is 0.492 e. The van der Waals surface area contributed by atoms with Gasteiger partial charge in [0, 0.05) is 18.4 Å². The van der Waals surface area contributed by atoms with Crippen LogP contribution in [-0.2, 0) is 11.2 Å². The van der Waals surface area contributed by atoms with Crippen molar-refractivity contribution >= 4 is 5.78 Å². The third-order valence-electron chi connectivity index (χ3n) is 8.28. The van der Waals surface area contributed by atoms with Crippen molar-refractivity contribution in [3.05, 3.63) is 29.3 Å². The molecule has 5 rings (SSSR count). The number of benzene rings is 1. The lowest BCUT2D eigenvalue weighted by Crippen LogP contribution is -2.42. The summed E-state index contributed by atoms with van der Waals surface area (Å²) in [6.45, 7) is 6.58. The van der Waals surface area contributed by atoms with Gasteiger partial charge in [-0.3, -0.25) is 9.69 Å². The topological polar surface area (TPSA) is 29.5 Å². The van der Waals surface area contributed by atoms with E-state index in [9.17, 15) is 4.79 Å². The molecular formula is C24H33NO2. The summed E-state index contributed by atoms with van der Waals surface area (Å²) in [6, 6.07) is 6.85. The van der Waals surface area contributed by atoms with Gasteiger partial charge in [-0.15, -0.1) is 0 Å². The van der Waals surface area contributed by atoms with Gasteiger partial charge in [-0.05, 0) is 99.0 Å². The molecule has 3 nitrogen and oxygen atoms in total. The number of rotatable bonds is 4. The fourth-order valence-electron chi connectivity index (χ4n) is 6.72. The van der Waals surface area contributed by atoms with Gasteiger partial charge in [0.15, 0.2) is 0 Å². The van der Waals surface area contributed by atoms with E-state index in [0.717, 1.165) is 44.6 Å². The van der Waals surface area contributed by atoms with Crippen molar-refractivity contribution < 1.29 is 9.53 Å². The second-order valence-electron chi connectivity index (χ2n) is 9.59. The SMILES string of the molecule is C[C@]12CCC3c4ccc(OCCN5CCCC5)cc4CCC3C1CCC2=O. The highest BCUT2D eigenvalue weighted by atomic mass is 16.5. The molecule has 3 aliphatic carbocycles. The minimum Gasteiger partial charge on any atom is -0.492 e. The molecule has 4 atom stereocenters. The third-order valence-corrected chi connectivity index (χ3v) is 8.28. The van der Waals surface area contributed by atoms with E-state index in [1.54, 1.807) is 5.56 Å². The summed E-state index contributed by atoms with van der Waals surface area (Å²) in [5.41, 5.74) is 3.04. The molecule has 0 spiro atoms. The van der Waals surface area contributed by atoms with Crippen LogP contribution in [0.2, 0.25) is 0 Å². The first-order valence-electron chi connectivity index (χ1n) is 11.2. The molecule has 0 bridgehead atoms. The van der Waals surface area contributed by atoms with Crippen molar-refractivity contribution in [2.75, 3.05) is 26.2 Å². The van der Waals surface area contributed by atoms with Crippen molar-refractivity contribution in [3.63, 3.8) is 0 Å². The summed E-state index contributed by atoms with van der Waals surface area (Å²) in [7, 11) is 0. The van der Waals surface area contributed by atoms with Crippen LogP contribution in [0.1, 0.15) is 68.9 Å². The van der Waals surface area contributed by atoms with E-state index in [0.29, 0.717) is 23.5 Å². The molecule has 3 fully saturated rings. The Hall–Kier alpha value is -1.35. The number of ketones is 1. The minimum atomic E-state index is -0.0166. The van der Waals surface area contributed by atoms with Gasteiger partial charge in [0.2, 0.25) is 0 Å². The highest BCUT2D eigenvalue weighted by Gasteiger charge is 2.54. The van der Waals surface area contributed by atoms with Gasteiger partial charge < -0.3 is 4.74 Å². The first-order valence-corrected chi connectivity index (χ1v) is 11.2. The van der Waals surface area contributed by atoms with E-state index in [2.05, 4.69) is 30.0 Å². The lowest BCUT2D eigenvalue weighted by Gasteiger charge is -2.48. The van der Waals surface area contributed by atoms with E-state index >= 15 is 0 Å². The number of carbonyl (C=O) groups excluding carboxylic acids is 1. The smallest absolute Gasteiger partial charge is 0.139 e. The second kappa shape index (κ2) is 6.92. The zero-order chi connectivity index (χ0) is 18.4. The summed E-state index contributed by atoms with van der Waals surface area (Å²) >= 11 is 0. The molecular weight excluding hydrogens is 334 g/mol. The number of ether oxygens (including phenoxy) is 1. The summed E-state index contributed by atoms with van der Waals surface area (Å²) in [4.78, 5) is 15.0. The molecule has 0 radical (unpaired) electrons. The van der Waals surface area contributed by atoms with Crippen LogP contribution in [0.5, 0.6) is 5.75 Å². The van der Waals surface area contributed by atoms with Gasteiger partial charge in [-0.2, -0.15) is 0 Å². The Balaban J connectivity index is 1.28. The van der Waals surface area contributed by atoms with Gasteiger partial charge in [-0.1, -0.05) is 13.0 Å². The van der Waals surface area contributed by atoms with Crippen LogP contribution in [0, 0.1) is 17.3 Å². The zero-order valence-corrected chi connectivity index (χ0v) is 16.7. The first kappa shape index (κ1) is 17.7. The Morgan fingerprint density at radius 2 is 2.00 bits per heavy atom. The first-order chi connectivity index (χ1) is 13.1. The maximum absolute atomic E-state index is 12.5. The molecule has 0 aromatic heterocycles. The number of fused-ring (bicyclic) bond motifs is 5. The molecule has 1 aromatic rings. The van der Waals surface area contributed by atoms with Gasteiger partial charge in [-0.25, -0.2) is 0 Å². The molecule has 146 valence electrons. The Morgan fingerprint density at radius 1 is 1.15 bits per heavy atom. The Morgan fingerprint density at radius 3 is 2.85 bits per heavy atom. The second-order valence-corrected chi connectivity index (χ2v) is 9.59. The summed E-state index contributed by atoms with van der Waals surface area (Å²) in [5.74, 6) is 3.58. The number of hydrogen-bond acceptors (Lipinski definition) is 3. The summed E-state index contributed by atoms with van der Waals surface area (Å²) in [5, 5.41) is 0. The molecule has 2 saturated carbocycles. The predicted octanol–water partition coefficient (Wildman–Crippen LogP) is 4.59. The number of nitrogens with zero attached hydrogens (tertiary/aromatic N) is 1. The Labute approximate surface area is 163 Å². The average molecular weight is 368 g/mol. The lowest BCUT2D eigenvalue weighted by atomic mass is 9.55. The quantitative estimate of drug-likeness (QED) is 0.780. The summed E-state index contributed by atoms with van der Waals surface area (Å²) in [6.07, 6.45) is 9.31. The van der Waals surface area contributed by atoms with Crippen molar-refractivity contribution in [1.82, 2.24) is 4.90 Å². The van der Waals surface area contributed by atoms with E-state index in [-0.39, 0.29) is 5.41 Å². The molecule has 1 aliphatic heterocycles. The van der Waals surface area contributed by atoms with E-state index in [1.807, 2.05) is 0 Å². The van der Waals surface area contributed by atoms with Crippen molar-refractivity contribution in [1.29, 1.82) is 0 Å². The molecule has 1 aromatic carbocycles. The fraction of sp³-hybridized carbons (Fsp3) is 0.708. The van der Waals surface area contributed by atoms with Crippen LogP contribution >= 0.6 is 0 Å². The highest BCUT2D eigenvalue weighted by Crippen LogP contribution is 2.59. The van der Waals surface area contributed by atoms with Gasteiger partial charge in [0.05, 0.1) is 0 Å². The van der Waals surface area contributed by atoms with Gasteiger partial charge >= 0.3 is 0 Å². The fourth-order valence-corrected chi connectivity index (χ4v) is 6.72. The number of likely N-dealkylation sites (tertiary alicyclic amines) is 1. The van der Waals surface area contributed by atoms with Crippen LogP contribution in [-0.4, -0.2) is 36.9 Å². The highest BCUT2D eigenvalue weighted by molar-refractivity contribution is 5.87. The number of hydrogen-bond donors (Lipinski definition) is 0. The maximum atomic E-state index is 12.5. The van der Waals surface area contributed by atoms with Crippen molar-refractivity contribution in [2.24, 2.45) is 17.3 Å². The van der Waals surface area contributed by atoms with E-state index in [1.165, 1.54) is 44.3 Å². The molecule has 0 amide bonds. The molecule has 0 N–H and O–H groups in total. The van der Waals surface area contributed by atoms with Crippen LogP contribution in [0.25, 0.3) is 0 Å². The van der Waals surface area contributed by atoms with Gasteiger partial charge in [0.1, 0.15) is 18.1 Å². The van der Waals surface area contributed by atoms with Crippen LogP contribution in [0.15, 0.2) is 18.2 Å². The number of carbonyl (C=O) groups is 1. The average Bonchev–Trinajstić information content (AvgIpc) is 3.30. The molecule has 27 heavy (non-hydrogen) atoms. The molecule has 3 heteroatoms. The molecule has 3 unspecified atom stereocenters. The minimum absolute atomic E-state index is 0.0166. The Bertz CT molecular complexity index is 723. The van der Waals surface area contributed by atoms with E-state index in [4.69, 9.17) is 4.74 Å². The van der Waals surface area contributed by atoms with Crippen LogP contribution in [0.3, 0.4) is 0 Å². The monoisotopic (exact) mass is 367 g/mol. The number of aryl methyl sites for hydroxylation is 1. The molecule has 1 saturated heterocycles. The van der Waals surface area contributed by atoms with Crippen LogP contribution in [0.4, 0.5) is 0 Å². The lowest BCUT2D eigenvalue weighted by molar-refractivity contribution is -0.129. The maximum Gasteiger partial charge on any atom is 0.139 e. The summed E-state index contributed by atoms with van der Waals surface area (Å²) < 4.78 is 6.08. The molecule has 4 aliphatic rings. The van der Waals surface area contributed by atoms with Gasteiger partial charge in [0.25, 0.3) is 0 Å². The molecule has 1 heterocycles. The number of Topliss-reactive ketones (excluding diaryl/α,β-unsaturated/α-hetero) is 1. The third kappa shape index (κ3) is 3.03. The predicted molar refractivity (Wildman–Crippen MR) is 107 cm³/mol. The normalized spacial score (nSPS) is 35.6. The van der Waals surface area contributed by atoms with E-state index < -0.39 is 0 Å². The zero-order valence-electron chi connectivity index (χ0n) is 16.7. The van der Waals surface area contributed by atoms with Crippen molar-refractivity contribution in [3.8, 4) is 5.75 Å². The standard InChI is InChI=1S/C24H33NO2/c1-24-11-10-20-19-7-5-18(27-15-14-25-12-2-3-13-25)16-17(19)4-6-21(20)22(24)8-9-23(24)26/h5,7,16,20-22H,2-4,6,8-15H2,1H3/t20?,21?,22?,24-/m0/s1. The Kier molecular flexibility index (Phi) is 4.54. The van der Waals surface area contributed by atoms with Crippen molar-refractivity contribution in [2.45, 2.75) is 64.2 Å². The van der Waals surface area contributed by atoms with Crippen LogP contribution < -0.4 is 4.74 Å².